The first-order valence-corrected chi connectivity index (χ1v) is 5.82. The number of hydrogen-bond acceptors (Lipinski definition) is 2. The molecule has 0 saturated carbocycles. The van der Waals surface area contributed by atoms with E-state index in [1.165, 1.54) is 6.07 Å². The molecular weight excluding hydrogens is 229 g/mol. The standard InChI is InChI=1S/C15H16FNO/c1-11-6-8-13(9-7-11)17(2)15-12(10-18)4-3-5-14(15)16/h3-9,18H,10H2,1-2H3. The smallest absolute Gasteiger partial charge is 0.147 e. The predicted molar refractivity (Wildman–Crippen MR) is 71.6 cm³/mol. The average Bonchev–Trinajstić information content (AvgIpc) is 2.38. The summed E-state index contributed by atoms with van der Waals surface area (Å²) in [6.45, 7) is 1.83. The van der Waals surface area contributed by atoms with Crippen LogP contribution in [0.2, 0.25) is 0 Å². The molecule has 0 amide bonds. The number of aliphatic hydroxyl groups is 1. The first kappa shape index (κ1) is 12.6. The number of anilines is 2. The van der Waals surface area contributed by atoms with Gasteiger partial charge in [-0.1, -0.05) is 29.8 Å². The Labute approximate surface area is 106 Å². The molecule has 1 N–H and O–H groups in total. The van der Waals surface area contributed by atoms with Crippen molar-refractivity contribution in [1.82, 2.24) is 0 Å². The highest BCUT2D eigenvalue weighted by molar-refractivity contribution is 5.66. The third kappa shape index (κ3) is 2.36. The molecular formula is C15H16FNO. The molecule has 0 radical (unpaired) electrons. The van der Waals surface area contributed by atoms with E-state index in [-0.39, 0.29) is 12.4 Å². The van der Waals surface area contributed by atoms with Crippen LogP contribution < -0.4 is 4.90 Å². The van der Waals surface area contributed by atoms with Crippen molar-refractivity contribution < 1.29 is 9.50 Å². The quantitative estimate of drug-likeness (QED) is 0.896. The molecule has 2 aromatic carbocycles. The molecule has 0 aliphatic rings. The van der Waals surface area contributed by atoms with Gasteiger partial charge in [0.15, 0.2) is 0 Å². The molecule has 3 heteroatoms. The molecule has 0 aliphatic heterocycles. The van der Waals surface area contributed by atoms with Crippen LogP contribution in [-0.2, 0) is 6.61 Å². The molecule has 0 aromatic heterocycles. The van der Waals surface area contributed by atoms with Crippen LogP contribution in [0, 0.1) is 12.7 Å². The van der Waals surface area contributed by atoms with Crippen LogP contribution in [0.3, 0.4) is 0 Å². The Morgan fingerprint density at radius 3 is 2.39 bits per heavy atom. The Balaban J connectivity index is 2.45. The van der Waals surface area contributed by atoms with E-state index in [1.807, 2.05) is 31.2 Å². The Kier molecular flexibility index (Phi) is 3.63. The van der Waals surface area contributed by atoms with Gasteiger partial charge in [-0.05, 0) is 25.1 Å². The first-order chi connectivity index (χ1) is 8.63. The maximum atomic E-state index is 13.9. The fraction of sp³-hybridized carbons (Fsp3) is 0.200. The fourth-order valence-corrected chi connectivity index (χ4v) is 1.96. The second-order valence-electron chi connectivity index (χ2n) is 4.30. The molecule has 94 valence electrons. The Morgan fingerprint density at radius 1 is 1.11 bits per heavy atom. The summed E-state index contributed by atoms with van der Waals surface area (Å²) in [7, 11) is 1.79. The maximum absolute atomic E-state index is 13.9. The molecule has 2 aromatic rings. The van der Waals surface area contributed by atoms with Gasteiger partial charge < -0.3 is 10.0 Å². The molecule has 0 heterocycles. The number of aliphatic hydroxyl groups excluding tert-OH is 1. The highest BCUT2D eigenvalue weighted by Crippen LogP contribution is 2.29. The van der Waals surface area contributed by atoms with Gasteiger partial charge in [0.1, 0.15) is 5.82 Å². The molecule has 0 atom stereocenters. The van der Waals surface area contributed by atoms with E-state index < -0.39 is 0 Å². The summed E-state index contributed by atoms with van der Waals surface area (Å²) in [5.41, 5.74) is 3.05. The number of benzene rings is 2. The summed E-state index contributed by atoms with van der Waals surface area (Å²) >= 11 is 0. The van der Waals surface area contributed by atoms with E-state index >= 15 is 0 Å². The Morgan fingerprint density at radius 2 is 1.78 bits per heavy atom. The lowest BCUT2D eigenvalue weighted by molar-refractivity contribution is 0.281. The summed E-state index contributed by atoms with van der Waals surface area (Å²) in [6.07, 6.45) is 0. The Hall–Kier alpha value is -1.87. The molecule has 0 spiro atoms. The van der Waals surface area contributed by atoms with Crippen LogP contribution in [0.25, 0.3) is 0 Å². The van der Waals surface area contributed by atoms with Crippen LogP contribution in [-0.4, -0.2) is 12.2 Å². The monoisotopic (exact) mass is 245 g/mol. The summed E-state index contributed by atoms with van der Waals surface area (Å²) in [6, 6.07) is 12.6. The average molecular weight is 245 g/mol. The molecule has 0 unspecified atom stereocenters. The van der Waals surface area contributed by atoms with Crippen molar-refractivity contribution in [2.75, 3.05) is 11.9 Å². The van der Waals surface area contributed by atoms with Crippen molar-refractivity contribution in [3.8, 4) is 0 Å². The fourth-order valence-electron chi connectivity index (χ4n) is 1.96. The van der Waals surface area contributed by atoms with Gasteiger partial charge in [-0.15, -0.1) is 0 Å². The van der Waals surface area contributed by atoms with Gasteiger partial charge in [-0.25, -0.2) is 4.39 Å². The largest absolute Gasteiger partial charge is 0.392 e. The normalized spacial score (nSPS) is 10.4. The summed E-state index contributed by atoms with van der Waals surface area (Å²) in [5.74, 6) is -0.329. The van der Waals surface area contributed by atoms with Crippen molar-refractivity contribution in [3.05, 3.63) is 59.4 Å². The van der Waals surface area contributed by atoms with Gasteiger partial charge in [-0.2, -0.15) is 0 Å². The number of hydrogen-bond donors (Lipinski definition) is 1. The number of aryl methyl sites for hydroxylation is 1. The van der Waals surface area contributed by atoms with Crippen molar-refractivity contribution >= 4 is 11.4 Å². The second-order valence-corrected chi connectivity index (χ2v) is 4.30. The van der Waals surface area contributed by atoms with Gasteiger partial charge in [-0.3, -0.25) is 0 Å². The van der Waals surface area contributed by atoms with Gasteiger partial charge >= 0.3 is 0 Å². The van der Waals surface area contributed by atoms with Gasteiger partial charge in [0.25, 0.3) is 0 Å². The minimum absolute atomic E-state index is 0.177. The van der Waals surface area contributed by atoms with E-state index in [0.717, 1.165) is 11.3 Å². The van der Waals surface area contributed by atoms with E-state index in [0.29, 0.717) is 11.3 Å². The molecule has 0 bridgehead atoms. The lowest BCUT2D eigenvalue weighted by Crippen LogP contribution is -2.13. The third-order valence-electron chi connectivity index (χ3n) is 3.00. The molecule has 0 aliphatic carbocycles. The first-order valence-electron chi connectivity index (χ1n) is 5.82. The van der Waals surface area contributed by atoms with E-state index in [9.17, 15) is 9.50 Å². The summed E-state index contributed by atoms with van der Waals surface area (Å²) in [5, 5.41) is 9.29. The molecule has 18 heavy (non-hydrogen) atoms. The third-order valence-corrected chi connectivity index (χ3v) is 3.00. The molecule has 0 saturated heterocycles. The maximum Gasteiger partial charge on any atom is 0.147 e. The Bertz CT molecular complexity index is 537. The van der Waals surface area contributed by atoms with E-state index in [1.54, 1.807) is 24.1 Å². The number of halogens is 1. The number of nitrogens with zero attached hydrogens (tertiary/aromatic N) is 1. The zero-order chi connectivity index (χ0) is 13.1. The van der Waals surface area contributed by atoms with Crippen molar-refractivity contribution in [2.24, 2.45) is 0 Å². The highest BCUT2D eigenvalue weighted by Gasteiger charge is 2.13. The summed E-state index contributed by atoms with van der Waals surface area (Å²) < 4.78 is 13.9. The lowest BCUT2D eigenvalue weighted by atomic mass is 10.1. The van der Waals surface area contributed by atoms with Crippen LogP contribution in [0.5, 0.6) is 0 Å². The predicted octanol–water partition coefficient (Wildman–Crippen LogP) is 3.39. The van der Waals surface area contributed by atoms with E-state index in [2.05, 4.69) is 0 Å². The highest BCUT2D eigenvalue weighted by atomic mass is 19.1. The minimum atomic E-state index is -0.329. The van der Waals surface area contributed by atoms with Crippen molar-refractivity contribution in [1.29, 1.82) is 0 Å². The molecule has 2 rings (SSSR count). The number of rotatable bonds is 3. The van der Waals surface area contributed by atoms with E-state index in [4.69, 9.17) is 0 Å². The SMILES string of the molecule is Cc1ccc(N(C)c2c(F)cccc2CO)cc1. The van der Waals surface area contributed by atoms with Crippen LogP contribution >= 0.6 is 0 Å². The van der Waals surface area contributed by atoms with Gasteiger partial charge in [0.05, 0.1) is 12.3 Å². The molecule has 2 nitrogen and oxygen atoms in total. The van der Waals surface area contributed by atoms with Crippen LogP contribution in [0.1, 0.15) is 11.1 Å². The van der Waals surface area contributed by atoms with Crippen LogP contribution in [0.4, 0.5) is 15.8 Å². The summed E-state index contributed by atoms with van der Waals surface area (Å²) in [4.78, 5) is 1.75. The van der Waals surface area contributed by atoms with Crippen molar-refractivity contribution in [2.45, 2.75) is 13.5 Å². The zero-order valence-electron chi connectivity index (χ0n) is 10.5. The van der Waals surface area contributed by atoms with Crippen molar-refractivity contribution in [3.63, 3.8) is 0 Å². The van der Waals surface area contributed by atoms with Crippen LogP contribution in [0.15, 0.2) is 42.5 Å². The topological polar surface area (TPSA) is 23.5 Å². The van der Waals surface area contributed by atoms with Gasteiger partial charge in [0.2, 0.25) is 0 Å². The molecule has 0 fully saturated rings. The van der Waals surface area contributed by atoms with Gasteiger partial charge in [0, 0.05) is 18.3 Å². The lowest BCUT2D eigenvalue weighted by Gasteiger charge is -2.22. The second kappa shape index (κ2) is 5.19. The zero-order valence-corrected chi connectivity index (χ0v) is 10.5. The number of para-hydroxylation sites is 1. The minimum Gasteiger partial charge on any atom is -0.392 e.